The van der Waals surface area contributed by atoms with Crippen molar-refractivity contribution in [1.82, 2.24) is 0 Å². The molecule has 536 valence electrons. The highest BCUT2D eigenvalue weighted by Crippen LogP contribution is 3.01. The van der Waals surface area contributed by atoms with Gasteiger partial charge in [0.1, 0.15) is 0 Å². The summed E-state index contributed by atoms with van der Waals surface area (Å²) in [4.78, 5) is 0. The van der Waals surface area contributed by atoms with Gasteiger partial charge < -0.3 is 0 Å². The molecule has 92 heavy (non-hydrogen) atoms. The number of allylic oxidation sites excluding steroid dienone is 4. The van der Waals surface area contributed by atoms with Gasteiger partial charge in [0.25, 0.3) is 0 Å². The minimum Gasteiger partial charge on any atom is -0.0879 e. The Bertz CT molecular complexity index is 1730. The van der Waals surface area contributed by atoms with Crippen molar-refractivity contribution >= 4 is 0 Å². The second-order valence-electron chi connectivity index (χ2n) is 35.6. The quantitative estimate of drug-likeness (QED) is 0.212. The van der Waals surface area contributed by atoms with E-state index in [1.807, 2.05) is 96.9 Å². The molecule has 27 aliphatic carbocycles. The highest BCUT2D eigenvalue weighted by atomic mass is 15.0. The molecule has 0 aliphatic heterocycles. The molecule has 0 N–H and O–H groups in total. The van der Waals surface area contributed by atoms with E-state index < -0.39 is 0 Å². The fraction of sp³-hybridized carbons (Fsp3) is 0.957. The fourth-order valence-electron chi connectivity index (χ4n) is 25.9. The Kier molecular flexibility index (Phi) is 34.3. The lowest BCUT2D eigenvalue weighted by Crippen LogP contribution is -3.00. The molecule has 0 spiro atoms. The average molecular weight is 1270 g/mol. The second-order valence-corrected chi connectivity index (χ2v) is 35.6. The summed E-state index contributed by atoms with van der Waals surface area (Å²) >= 11 is 0. The van der Waals surface area contributed by atoms with Crippen LogP contribution in [0.1, 0.15) is 394 Å². The van der Waals surface area contributed by atoms with Crippen LogP contribution in [-0.4, -0.2) is 0 Å². The lowest BCUT2D eigenvalue weighted by atomic mass is 9.01. The summed E-state index contributed by atoms with van der Waals surface area (Å²) in [7, 11) is 0. The molecule has 27 rings (SSSR count). The van der Waals surface area contributed by atoms with Crippen LogP contribution in [0, 0.1) is 165 Å². The first kappa shape index (κ1) is 78.8. The summed E-state index contributed by atoms with van der Waals surface area (Å²) in [6.45, 7) is 37.3. The average Bonchev–Trinajstić information content (AvgIpc) is 0.632. The van der Waals surface area contributed by atoms with Crippen molar-refractivity contribution in [3.8, 4) is 0 Å². The fourth-order valence-corrected chi connectivity index (χ4v) is 25.9. The van der Waals surface area contributed by atoms with Gasteiger partial charge in [0.05, 0.1) is 0 Å². The van der Waals surface area contributed by atoms with E-state index in [4.69, 9.17) is 0 Å². The SMILES string of the molecule is C12C3C4C1C1C2C3C41.C1=CC2C3CCC(C3)C2C1.C1C2CC3CC1CC(C2)C3.C1CC2CC1C2.C1CC2CCC(C1)CC2.C1CC2CCC1C2.C1CC2CCC1CC2.C1CC2CCCC(C1)C2.CC.CC.CC.CC.CC.CC.CC.CC1=CCC(C(C)(C)C)CC1. The van der Waals surface area contributed by atoms with Crippen LogP contribution in [0.15, 0.2) is 23.8 Å². The predicted molar refractivity (Wildman–Crippen MR) is 410 cm³/mol. The third kappa shape index (κ3) is 19.7. The Morgan fingerprint density at radius 2 is 0.543 bits per heavy atom. The largest absolute Gasteiger partial charge is 0.0879 e. The molecule has 0 saturated heterocycles. The maximum atomic E-state index is 2.49. The minimum absolute atomic E-state index is 0.511. The predicted octanol–water partition coefficient (Wildman–Crippen LogP) is 29.9. The molecular weight excluding hydrogens is 1110 g/mol. The van der Waals surface area contributed by atoms with Gasteiger partial charge in [-0.2, -0.15) is 0 Å². The molecule has 5 atom stereocenters. The van der Waals surface area contributed by atoms with E-state index in [-0.39, 0.29) is 0 Å². The maximum Gasteiger partial charge on any atom is -0.0171 e. The molecule has 0 heterocycles. The first-order valence-electron chi connectivity index (χ1n) is 44.4. The molecule has 0 aromatic rings. The van der Waals surface area contributed by atoms with Gasteiger partial charge in [0.15, 0.2) is 0 Å². The summed E-state index contributed by atoms with van der Waals surface area (Å²) in [5.41, 5.74) is 2.10. The third-order valence-electron chi connectivity index (χ3n) is 30.3. The normalized spacial score (nSPS) is 44.7. The van der Waals surface area contributed by atoms with Crippen molar-refractivity contribution in [3.63, 3.8) is 0 Å². The van der Waals surface area contributed by atoms with Crippen molar-refractivity contribution < 1.29 is 0 Å². The standard InChI is InChI=1S/C11H20.C10H16.C10H14.2C9H16.C8H8.C8H14.C7H12.C6H10.7C2H6/c1-9-5-7-10(8-6-9)11(2,3)4;1-7-2-9-4-8(1)5-10(3-7)6-9;1-2-9-7-4-5-8(6-7)10(9)3-1;1-3-8-5-2-6-9(4-1)7-8;1-2-8-4-6-9(3-1)7-5-8;1-2-5-3(1)7-4(1)6(2)8(5)7;1-2-8-5-3-7(1)4-6-8;1-2-7-4-3-6(1)5-7;1-2-6-3-5(1)4-6;7*1-2/h5,10H,6-8H2,1-4H3;7-10H,1-6H2;1-2,7-10H,3-6H2;2*8-9H,1-7H2;1-8H;7-8H,1-6H2;6-7H,1-5H2;5-6H,1-4H2;7*1-2H3. The molecule has 25 fully saturated rings. The molecule has 0 aromatic carbocycles. The Balaban J connectivity index is 0.000000144. The topological polar surface area (TPSA) is 0 Å². The Labute approximate surface area is 580 Å². The highest BCUT2D eigenvalue weighted by molar-refractivity contribution is 5.44. The van der Waals surface area contributed by atoms with E-state index in [2.05, 4.69) is 45.9 Å². The summed E-state index contributed by atoms with van der Waals surface area (Å²) in [6.07, 6.45) is 72.3. The summed E-state index contributed by atoms with van der Waals surface area (Å²) in [5.74, 6) is 32.3. The van der Waals surface area contributed by atoms with Gasteiger partial charge in [-0.3, -0.25) is 0 Å². The van der Waals surface area contributed by atoms with Crippen LogP contribution in [0.4, 0.5) is 0 Å². The van der Waals surface area contributed by atoms with Gasteiger partial charge in [0, 0.05) is 0 Å². The monoisotopic (exact) mass is 1270 g/mol. The highest BCUT2D eigenvalue weighted by Gasteiger charge is 2.97. The Morgan fingerprint density at radius 3 is 0.815 bits per heavy atom. The van der Waals surface area contributed by atoms with Crippen LogP contribution in [0.25, 0.3) is 0 Å². The summed E-state index contributed by atoms with van der Waals surface area (Å²) in [5, 5.41) is 0. The van der Waals surface area contributed by atoms with Gasteiger partial charge >= 0.3 is 0 Å². The zero-order valence-electron chi connectivity index (χ0n) is 66.0. The van der Waals surface area contributed by atoms with Crippen LogP contribution >= 0.6 is 0 Å². The van der Waals surface area contributed by atoms with Crippen molar-refractivity contribution in [3.05, 3.63) is 23.8 Å². The van der Waals surface area contributed by atoms with Crippen LogP contribution in [0.2, 0.25) is 0 Å². The van der Waals surface area contributed by atoms with Crippen molar-refractivity contribution in [2.24, 2.45) is 165 Å². The van der Waals surface area contributed by atoms with Gasteiger partial charge in [0.2, 0.25) is 0 Å². The zero-order valence-corrected chi connectivity index (χ0v) is 66.0. The Hall–Kier alpha value is -0.520. The molecule has 27 aliphatic rings. The molecule has 0 radical (unpaired) electrons. The molecule has 5 unspecified atom stereocenters. The minimum atomic E-state index is 0.511. The molecule has 0 amide bonds. The van der Waals surface area contributed by atoms with E-state index >= 15 is 0 Å². The van der Waals surface area contributed by atoms with Crippen LogP contribution in [0.5, 0.6) is 0 Å². The van der Waals surface area contributed by atoms with Crippen LogP contribution in [-0.2, 0) is 0 Å². The van der Waals surface area contributed by atoms with Crippen LogP contribution < -0.4 is 0 Å². The first-order chi connectivity index (χ1) is 45.1. The van der Waals surface area contributed by atoms with Crippen molar-refractivity contribution in [2.75, 3.05) is 0 Å². The van der Waals surface area contributed by atoms with Gasteiger partial charge in [-0.1, -0.05) is 302 Å². The number of hydrogen-bond acceptors (Lipinski definition) is 0. The third-order valence-corrected chi connectivity index (χ3v) is 30.3. The molecular formula is C92H168. The van der Waals surface area contributed by atoms with E-state index in [9.17, 15) is 0 Å². The van der Waals surface area contributed by atoms with E-state index in [0.717, 1.165) is 65.1 Å². The molecule has 0 nitrogen and oxygen atoms in total. The van der Waals surface area contributed by atoms with Gasteiger partial charge in [-0.25, -0.2) is 0 Å². The lowest BCUT2D eigenvalue weighted by Gasteiger charge is -3.03. The number of fused-ring (bicyclic) bond motifs is 17. The zero-order chi connectivity index (χ0) is 66.5. The molecule has 0 aromatic heterocycles. The molecule has 16 bridgehead atoms. The number of hydrogen-bond donors (Lipinski definition) is 0. The van der Waals surface area contributed by atoms with Crippen molar-refractivity contribution in [2.45, 2.75) is 394 Å². The summed E-state index contributed by atoms with van der Waals surface area (Å²) in [6, 6.07) is 0. The molecule has 0 heteroatoms. The van der Waals surface area contributed by atoms with Gasteiger partial charge in [-0.15, -0.1) is 0 Å². The van der Waals surface area contributed by atoms with Crippen LogP contribution in [0.3, 0.4) is 0 Å². The lowest BCUT2D eigenvalue weighted by molar-refractivity contribution is -0.565. The summed E-state index contributed by atoms with van der Waals surface area (Å²) < 4.78 is 0. The smallest absolute Gasteiger partial charge is 0.0171 e. The van der Waals surface area contributed by atoms with E-state index in [0.29, 0.717) is 5.41 Å². The van der Waals surface area contributed by atoms with Crippen molar-refractivity contribution in [1.29, 1.82) is 0 Å². The maximum absolute atomic E-state index is 2.49. The second kappa shape index (κ2) is 40.1. The van der Waals surface area contributed by atoms with E-state index in [1.165, 1.54) is 146 Å². The van der Waals surface area contributed by atoms with Gasteiger partial charge in [-0.05, 0) is 281 Å². The molecule has 25 saturated carbocycles. The Morgan fingerprint density at radius 1 is 0.272 bits per heavy atom. The van der Waals surface area contributed by atoms with E-state index in [1.54, 1.807) is 224 Å². The first-order valence-corrected chi connectivity index (χ1v) is 44.4. The number of rotatable bonds is 0.